The zero-order valence-electron chi connectivity index (χ0n) is 12.3. The predicted octanol–water partition coefficient (Wildman–Crippen LogP) is 4.66. The first kappa shape index (κ1) is 13.6. The van der Waals surface area contributed by atoms with Crippen LogP contribution in [0.4, 0.5) is 0 Å². The van der Waals surface area contributed by atoms with Crippen LogP contribution >= 0.6 is 0 Å². The van der Waals surface area contributed by atoms with Gasteiger partial charge >= 0.3 is 0 Å². The molecule has 0 unspecified atom stereocenters. The maximum absolute atomic E-state index is 5.32. The molecule has 2 rings (SSSR count). The second-order valence-corrected chi connectivity index (χ2v) is 6.35. The molecule has 0 radical (unpaired) electrons. The number of hydrogen-bond acceptors (Lipinski definition) is 1. The Hall–Kier alpha value is -0.820. The number of hydrogen-bond donors (Lipinski definition) is 0. The third-order valence-electron chi connectivity index (χ3n) is 4.42. The van der Waals surface area contributed by atoms with Gasteiger partial charge in [0.15, 0.2) is 0 Å². The summed E-state index contributed by atoms with van der Waals surface area (Å²) in [5.41, 5.74) is 4.86. The molecule has 0 aromatic carbocycles. The molecule has 1 heteroatoms. The van der Waals surface area contributed by atoms with Crippen molar-refractivity contribution in [1.29, 1.82) is 0 Å². The molecule has 0 saturated carbocycles. The minimum atomic E-state index is 0.287. The minimum Gasteiger partial charge on any atom is -0.381 e. The van der Waals surface area contributed by atoms with E-state index in [1.54, 1.807) is 11.1 Å². The fourth-order valence-electron chi connectivity index (χ4n) is 2.63. The van der Waals surface area contributed by atoms with Crippen molar-refractivity contribution in [3.63, 3.8) is 0 Å². The molecule has 0 N–H and O–H groups in total. The summed E-state index contributed by atoms with van der Waals surface area (Å²) in [5.74, 6) is 0.753. The van der Waals surface area contributed by atoms with E-state index in [2.05, 4.69) is 45.9 Å². The van der Waals surface area contributed by atoms with Gasteiger partial charge in [-0.15, -0.1) is 0 Å². The molecular formula is C17H26O. The summed E-state index contributed by atoms with van der Waals surface area (Å²) in [6.07, 6.45) is 10.5. The molecule has 0 bridgehead atoms. The third kappa shape index (κ3) is 2.95. The summed E-state index contributed by atoms with van der Waals surface area (Å²) >= 11 is 0. The van der Waals surface area contributed by atoms with Crippen molar-refractivity contribution < 1.29 is 4.74 Å². The Balaban J connectivity index is 2.27. The third-order valence-corrected chi connectivity index (χ3v) is 4.42. The molecule has 1 aliphatic heterocycles. The van der Waals surface area contributed by atoms with Crippen molar-refractivity contribution in [3.8, 4) is 0 Å². The molecule has 18 heavy (non-hydrogen) atoms. The highest BCUT2D eigenvalue weighted by atomic mass is 16.5. The highest BCUT2D eigenvalue weighted by Gasteiger charge is 2.26. The Labute approximate surface area is 112 Å². The molecule has 1 saturated heterocycles. The van der Waals surface area contributed by atoms with Gasteiger partial charge in [-0.25, -0.2) is 0 Å². The average Bonchev–Trinajstić information content (AvgIpc) is 2.46. The second-order valence-electron chi connectivity index (χ2n) is 6.35. The van der Waals surface area contributed by atoms with Crippen molar-refractivity contribution in [2.24, 2.45) is 11.3 Å². The summed E-state index contributed by atoms with van der Waals surface area (Å²) in [6, 6.07) is 0. The highest BCUT2D eigenvalue weighted by Crippen LogP contribution is 2.38. The standard InChI is InChI=1S/C17H26O/c1-5-17(3,4)16-9-7-13(2)6-8-15(16)10-14-11-18-12-14/h6-7,9,14H,5,8,10-12H2,1-4H3. The summed E-state index contributed by atoms with van der Waals surface area (Å²) in [7, 11) is 0. The molecule has 2 aliphatic rings. The molecule has 0 aromatic heterocycles. The van der Waals surface area contributed by atoms with Gasteiger partial charge in [0, 0.05) is 5.92 Å². The maximum Gasteiger partial charge on any atom is 0.0519 e. The van der Waals surface area contributed by atoms with Crippen LogP contribution in [-0.4, -0.2) is 13.2 Å². The zero-order valence-corrected chi connectivity index (χ0v) is 12.3. The lowest BCUT2D eigenvalue weighted by molar-refractivity contribution is -0.0315. The van der Waals surface area contributed by atoms with E-state index in [9.17, 15) is 0 Å². The van der Waals surface area contributed by atoms with E-state index < -0.39 is 0 Å². The lowest BCUT2D eigenvalue weighted by Gasteiger charge is -2.31. The number of rotatable bonds is 4. The second kappa shape index (κ2) is 5.44. The largest absolute Gasteiger partial charge is 0.381 e. The smallest absolute Gasteiger partial charge is 0.0519 e. The maximum atomic E-state index is 5.32. The molecule has 1 aliphatic carbocycles. The van der Waals surface area contributed by atoms with Crippen molar-refractivity contribution in [3.05, 3.63) is 34.9 Å². The molecule has 0 spiro atoms. The first-order valence-corrected chi connectivity index (χ1v) is 7.18. The van der Waals surface area contributed by atoms with E-state index in [1.807, 2.05) is 0 Å². The molecule has 100 valence electrons. The van der Waals surface area contributed by atoms with E-state index in [0.29, 0.717) is 0 Å². The van der Waals surface area contributed by atoms with E-state index in [4.69, 9.17) is 4.74 Å². The van der Waals surface area contributed by atoms with Gasteiger partial charge in [-0.1, -0.05) is 50.1 Å². The highest BCUT2D eigenvalue weighted by molar-refractivity contribution is 5.39. The molecule has 1 nitrogen and oxygen atoms in total. The van der Waals surface area contributed by atoms with Crippen LogP contribution in [0.25, 0.3) is 0 Å². The van der Waals surface area contributed by atoms with Crippen molar-refractivity contribution in [2.75, 3.05) is 13.2 Å². The average molecular weight is 246 g/mol. The quantitative estimate of drug-likeness (QED) is 0.701. The summed E-state index contributed by atoms with van der Waals surface area (Å²) in [6.45, 7) is 11.1. The Morgan fingerprint density at radius 1 is 1.28 bits per heavy atom. The first-order valence-electron chi connectivity index (χ1n) is 7.18. The van der Waals surface area contributed by atoms with Gasteiger partial charge in [0.1, 0.15) is 0 Å². The molecule has 0 aromatic rings. The predicted molar refractivity (Wildman–Crippen MR) is 77.5 cm³/mol. The SMILES string of the molecule is CCC(C)(C)C1=C(CC2COC2)CC=C(C)C=C1. The Kier molecular flexibility index (Phi) is 4.11. The van der Waals surface area contributed by atoms with Crippen LogP contribution in [0.1, 0.15) is 47.0 Å². The topological polar surface area (TPSA) is 9.23 Å². The summed E-state index contributed by atoms with van der Waals surface area (Å²) < 4.78 is 5.32. The van der Waals surface area contributed by atoms with Crippen LogP contribution in [0.3, 0.4) is 0 Å². The van der Waals surface area contributed by atoms with Crippen LogP contribution in [0.15, 0.2) is 34.9 Å². The van der Waals surface area contributed by atoms with Gasteiger partial charge in [-0.2, -0.15) is 0 Å². The molecule has 1 fully saturated rings. The van der Waals surface area contributed by atoms with Crippen LogP contribution in [0.5, 0.6) is 0 Å². The Morgan fingerprint density at radius 2 is 2.00 bits per heavy atom. The van der Waals surface area contributed by atoms with Gasteiger partial charge < -0.3 is 4.74 Å². The summed E-state index contributed by atoms with van der Waals surface area (Å²) in [5, 5.41) is 0. The minimum absolute atomic E-state index is 0.287. The fourth-order valence-corrected chi connectivity index (χ4v) is 2.63. The van der Waals surface area contributed by atoms with Crippen LogP contribution in [0, 0.1) is 11.3 Å². The lowest BCUT2D eigenvalue weighted by atomic mass is 9.77. The molecule has 0 atom stereocenters. The van der Waals surface area contributed by atoms with E-state index in [-0.39, 0.29) is 5.41 Å². The van der Waals surface area contributed by atoms with Gasteiger partial charge in [-0.3, -0.25) is 0 Å². The van der Waals surface area contributed by atoms with Crippen molar-refractivity contribution in [2.45, 2.75) is 47.0 Å². The summed E-state index contributed by atoms with van der Waals surface area (Å²) in [4.78, 5) is 0. The van der Waals surface area contributed by atoms with Crippen LogP contribution in [0.2, 0.25) is 0 Å². The zero-order chi connectivity index (χ0) is 13.2. The van der Waals surface area contributed by atoms with Gasteiger partial charge in [0.2, 0.25) is 0 Å². The van der Waals surface area contributed by atoms with Crippen LogP contribution in [-0.2, 0) is 4.74 Å². The fraction of sp³-hybridized carbons (Fsp3) is 0.647. The Bertz CT molecular complexity index is 392. The Morgan fingerprint density at radius 3 is 2.56 bits per heavy atom. The molecular weight excluding hydrogens is 220 g/mol. The normalized spacial score (nSPS) is 21.7. The number of ether oxygens (including phenoxy) is 1. The van der Waals surface area contributed by atoms with E-state index in [1.165, 1.54) is 18.4 Å². The van der Waals surface area contributed by atoms with E-state index in [0.717, 1.165) is 25.6 Å². The van der Waals surface area contributed by atoms with Crippen molar-refractivity contribution >= 4 is 0 Å². The van der Waals surface area contributed by atoms with E-state index >= 15 is 0 Å². The van der Waals surface area contributed by atoms with Crippen molar-refractivity contribution in [1.82, 2.24) is 0 Å². The number of allylic oxidation sites excluding steroid dienone is 6. The molecule has 0 amide bonds. The van der Waals surface area contributed by atoms with Gasteiger partial charge in [0.05, 0.1) is 13.2 Å². The first-order chi connectivity index (χ1) is 8.53. The lowest BCUT2D eigenvalue weighted by Crippen LogP contribution is -2.28. The van der Waals surface area contributed by atoms with Gasteiger partial charge in [-0.05, 0) is 37.2 Å². The monoisotopic (exact) mass is 246 g/mol. The molecule has 1 heterocycles. The van der Waals surface area contributed by atoms with Crippen LogP contribution < -0.4 is 0 Å². The van der Waals surface area contributed by atoms with Gasteiger partial charge in [0.25, 0.3) is 0 Å².